The summed E-state index contributed by atoms with van der Waals surface area (Å²) in [5.74, 6) is -0.0554. The van der Waals surface area contributed by atoms with Gasteiger partial charge in [0.2, 0.25) is 15.9 Å². The first kappa shape index (κ1) is 18.1. The predicted octanol–water partition coefficient (Wildman–Crippen LogP) is 2.23. The Morgan fingerprint density at radius 1 is 1.29 bits per heavy atom. The van der Waals surface area contributed by atoms with E-state index in [-0.39, 0.29) is 16.7 Å². The molecule has 118 valence electrons. The van der Waals surface area contributed by atoms with Crippen molar-refractivity contribution in [1.29, 1.82) is 0 Å². The molecule has 1 amide bonds. The first-order valence-electron chi connectivity index (χ1n) is 6.63. The summed E-state index contributed by atoms with van der Waals surface area (Å²) in [4.78, 5) is 13.7. The molecule has 21 heavy (non-hydrogen) atoms. The van der Waals surface area contributed by atoms with Crippen molar-refractivity contribution in [3.8, 4) is 0 Å². The summed E-state index contributed by atoms with van der Waals surface area (Å²) in [5, 5.41) is 0. The van der Waals surface area contributed by atoms with Crippen LogP contribution in [0.25, 0.3) is 0 Å². The van der Waals surface area contributed by atoms with Gasteiger partial charge in [-0.25, -0.2) is 8.42 Å². The van der Waals surface area contributed by atoms with Crippen LogP contribution in [0.3, 0.4) is 0 Å². The largest absolute Gasteiger partial charge is 0.347 e. The minimum Gasteiger partial charge on any atom is -0.347 e. The Kier molecular flexibility index (Phi) is 6.37. The molecule has 0 radical (unpaired) electrons. The van der Waals surface area contributed by atoms with Gasteiger partial charge in [0, 0.05) is 18.6 Å². The maximum absolute atomic E-state index is 12.5. The minimum atomic E-state index is -3.76. The number of amides is 1. The van der Waals surface area contributed by atoms with Gasteiger partial charge in [0.25, 0.3) is 0 Å². The fourth-order valence-electron chi connectivity index (χ4n) is 1.90. The highest BCUT2D eigenvalue weighted by molar-refractivity contribution is 9.10. The summed E-state index contributed by atoms with van der Waals surface area (Å²) >= 11 is 3.22. The number of benzene rings is 1. The average Bonchev–Trinajstić information content (AvgIpc) is 2.36. The molecule has 0 aliphatic heterocycles. The third kappa shape index (κ3) is 5.09. The van der Waals surface area contributed by atoms with Crippen molar-refractivity contribution in [3.63, 3.8) is 0 Å². The molecule has 5 nitrogen and oxygen atoms in total. The predicted molar refractivity (Wildman–Crippen MR) is 86.4 cm³/mol. The fourth-order valence-corrected chi connectivity index (χ4v) is 4.10. The van der Waals surface area contributed by atoms with Gasteiger partial charge in [0.15, 0.2) is 0 Å². The molecule has 1 atom stereocenters. The zero-order chi connectivity index (χ0) is 16.2. The molecule has 7 heteroatoms. The summed E-state index contributed by atoms with van der Waals surface area (Å²) in [5.41, 5.74) is 0. The van der Waals surface area contributed by atoms with Crippen molar-refractivity contribution in [3.05, 3.63) is 28.7 Å². The second kappa shape index (κ2) is 7.38. The number of hydrogen-bond donors (Lipinski definition) is 1. The topological polar surface area (TPSA) is 66.5 Å². The molecule has 1 N–H and O–H groups in total. The molecule has 0 saturated heterocycles. The minimum absolute atomic E-state index is 0.130. The monoisotopic (exact) mass is 376 g/mol. The van der Waals surface area contributed by atoms with Crippen molar-refractivity contribution >= 4 is 31.9 Å². The van der Waals surface area contributed by atoms with E-state index in [4.69, 9.17) is 0 Å². The van der Waals surface area contributed by atoms with E-state index in [1.807, 2.05) is 13.8 Å². The first-order valence-corrected chi connectivity index (χ1v) is 8.90. The zero-order valence-corrected chi connectivity index (χ0v) is 15.0. The Hall–Kier alpha value is -0.920. The van der Waals surface area contributed by atoms with Crippen LogP contribution in [0.4, 0.5) is 0 Å². The number of likely N-dealkylation sites (N-methyl/N-ethyl adjacent to an activating group) is 1. The van der Waals surface area contributed by atoms with Gasteiger partial charge < -0.3 is 4.90 Å². The molecule has 1 aromatic carbocycles. The quantitative estimate of drug-likeness (QED) is 0.827. The zero-order valence-electron chi connectivity index (χ0n) is 12.6. The second-order valence-corrected chi connectivity index (χ2v) is 8.00. The van der Waals surface area contributed by atoms with E-state index in [1.165, 1.54) is 11.0 Å². The van der Waals surface area contributed by atoms with Crippen molar-refractivity contribution in [2.45, 2.75) is 31.2 Å². The van der Waals surface area contributed by atoms with Gasteiger partial charge >= 0.3 is 0 Å². The number of carbonyl (C=O) groups excluding carboxylic acids is 1. The van der Waals surface area contributed by atoms with Crippen LogP contribution < -0.4 is 4.72 Å². The van der Waals surface area contributed by atoms with Crippen LogP contribution in [-0.4, -0.2) is 39.4 Å². The molecule has 0 aromatic heterocycles. The van der Waals surface area contributed by atoms with E-state index in [1.54, 1.807) is 32.3 Å². The van der Waals surface area contributed by atoms with Crippen molar-refractivity contribution < 1.29 is 13.2 Å². The van der Waals surface area contributed by atoms with E-state index < -0.39 is 16.1 Å². The van der Waals surface area contributed by atoms with Gasteiger partial charge in [0.05, 0.1) is 4.90 Å². The highest BCUT2D eigenvalue weighted by atomic mass is 79.9. The van der Waals surface area contributed by atoms with Crippen LogP contribution in [0, 0.1) is 5.92 Å². The maximum Gasteiger partial charge on any atom is 0.242 e. The summed E-state index contributed by atoms with van der Waals surface area (Å²) < 4.78 is 27.9. The van der Waals surface area contributed by atoms with Gasteiger partial charge in [-0.15, -0.1) is 0 Å². The number of hydrogen-bond acceptors (Lipinski definition) is 3. The Bertz CT molecular complexity index is 600. The van der Waals surface area contributed by atoms with Gasteiger partial charge in [-0.1, -0.05) is 26.0 Å². The number of nitrogens with zero attached hydrogens (tertiary/aromatic N) is 1. The Balaban J connectivity index is 3.07. The number of rotatable bonds is 6. The molecule has 0 saturated carbocycles. The van der Waals surface area contributed by atoms with Crippen LogP contribution in [0.1, 0.15) is 20.3 Å². The highest BCUT2D eigenvalue weighted by Gasteiger charge is 2.28. The molecule has 0 bridgehead atoms. The highest BCUT2D eigenvalue weighted by Crippen LogP contribution is 2.22. The lowest BCUT2D eigenvalue weighted by molar-refractivity contribution is -0.130. The molecule has 0 spiro atoms. The van der Waals surface area contributed by atoms with E-state index in [9.17, 15) is 13.2 Å². The van der Waals surface area contributed by atoms with Crippen LogP contribution in [0.2, 0.25) is 0 Å². The van der Waals surface area contributed by atoms with Crippen LogP contribution in [-0.2, 0) is 14.8 Å². The Labute approximate surface area is 134 Å². The number of carbonyl (C=O) groups is 1. The normalized spacial score (nSPS) is 13.2. The molecule has 0 fully saturated rings. The standard InChI is InChI=1S/C14H21BrN2O3S/c1-10(2)9-12(14(18)17(3)4)16-21(19,20)13-8-6-5-7-11(13)15/h5-8,10,12,16H,9H2,1-4H3/t12-/m0/s1. The van der Waals surface area contributed by atoms with Crippen molar-refractivity contribution in [1.82, 2.24) is 9.62 Å². The van der Waals surface area contributed by atoms with Crippen LogP contribution in [0.5, 0.6) is 0 Å². The van der Waals surface area contributed by atoms with Gasteiger partial charge in [-0.05, 0) is 40.4 Å². The number of sulfonamides is 1. The lowest BCUT2D eigenvalue weighted by Crippen LogP contribution is -2.46. The molecule has 1 rings (SSSR count). The van der Waals surface area contributed by atoms with Crippen LogP contribution in [0.15, 0.2) is 33.6 Å². The third-order valence-corrected chi connectivity index (χ3v) is 5.35. The Morgan fingerprint density at radius 3 is 2.33 bits per heavy atom. The summed E-state index contributed by atoms with van der Waals surface area (Å²) in [6, 6.07) is 5.76. The number of nitrogens with one attached hydrogen (secondary N) is 1. The maximum atomic E-state index is 12.5. The Morgan fingerprint density at radius 2 is 1.86 bits per heavy atom. The average molecular weight is 377 g/mol. The lowest BCUT2D eigenvalue weighted by Gasteiger charge is -2.23. The lowest BCUT2D eigenvalue weighted by atomic mass is 10.0. The molecule has 0 aliphatic rings. The molecule has 0 unspecified atom stereocenters. The van der Waals surface area contributed by atoms with Crippen molar-refractivity contribution in [2.75, 3.05) is 14.1 Å². The SMILES string of the molecule is CC(C)C[C@H](NS(=O)(=O)c1ccccc1Br)C(=O)N(C)C. The van der Waals surface area contributed by atoms with Gasteiger partial charge in [0.1, 0.15) is 6.04 Å². The summed E-state index contributed by atoms with van der Waals surface area (Å²) in [6.07, 6.45) is 0.445. The van der Waals surface area contributed by atoms with E-state index >= 15 is 0 Å². The third-order valence-electron chi connectivity index (χ3n) is 2.87. The smallest absolute Gasteiger partial charge is 0.242 e. The first-order chi connectivity index (χ1) is 9.65. The van der Waals surface area contributed by atoms with E-state index in [2.05, 4.69) is 20.7 Å². The summed E-state index contributed by atoms with van der Waals surface area (Å²) in [6.45, 7) is 3.89. The molecular formula is C14H21BrN2O3S. The molecular weight excluding hydrogens is 356 g/mol. The second-order valence-electron chi connectivity index (χ2n) is 5.47. The van der Waals surface area contributed by atoms with Gasteiger partial charge in [-0.2, -0.15) is 4.72 Å². The fraction of sp³-hybridized carbons (Fsp3) is 0.500. The molecule has 0 heterocycles. The molecule has 0 aliphatic carbocycles. The summed E-state index contributed by atoms with van der Waals surface area (Å²) in [7, 11) is -0.532. The van der Waals surface area contributed by atoms with Crippen molar-refractivity contribution in [2.24, 2.45) is 5.92 Å². The van der Waals surface area contributed by atoms with E-state index in [0.29, 0.717) is 10.9 Å². The number of halogens is 1. The molecule has 1 aromatic rings. The van der Waals surface area contributed by atoms with E-state index in [0.717, 1.165) is 0 Å². The van der Waals surface area contributed by atoms with Crippen LogP contribution >= 0.6 is 15.9 Å². The van der Waals surface area contributed by atoms with Gasteiger partial charge in [-0.3, -0.25) is 4.79 Å².